The fourth-order valence-corrected chi connectivity index (χ4v) is 6.35. The van der Waals surface area contributed by atoms with Gasteiger partial charge in [-0.1, -0.05) is 80.9 Å². The van der Waals surface area contributed by atoms with Crippen molar-refractivity contribution in [2.75, 3.05) is 13.1 Å². The van der Waals surface area contributed by atoms with Crippen molar-refractivity contribution in [3.8, 4) is 0 Å². The minimum Gasteiger partial charge on any atom is -0.458 e. The zero-order valence-electron chi connectivity index (χ0n) is 29.5. The summed E-state index contributed by atoms with van der Waals surface area (Å²) in [7, 11) is 0. The summed E-state index contributed by atoms with van der Waals surface area (Å²) >= 11 is 0. The Hall–Kier alpha value is -4.25. The summed E-state index contributed by atoms with van der Waals surface area (Å²) in [6.45, 7) is 10.3. The monoisotopic (exact) mass is 675 g/mol. The van der Waals surface area contributed by atoms with Crippen LogP contribution in [-0.2, 0) is 41.6 Å². The van der Waals surface area contributed by atoms with Gasteiger partial charge in [0.1, 0.15) is 29.8 Å². The van der Waals surface area contributed by atoms with Crippen LogP contribution in [0, 0.1) is 5.92 Å². The maximum atomic E-state index is 14.2. The van der Waals surface area contributed by atoms with Gasteiger partial charge < -0.3 is 30.9 Å². The van der Waals surface area contributed by atoms with Gasteiger partial charge in [-0.25, -0.2) is 4.79 Å². The average molecular weight is 676 g/mol. The van der Waals surface area contributed by atoms with Crippen LogP contribution >= 0.6 is 0 Å². The lowest BCUT2D eigenvalue weighted by Crippen LogP contribution is -2.60. The molecule has 0 aromatic heterocycles. The van der Waals surface area contributed by atoms with E-state index in [-0.39, 0.29) is 36.6 Å². The molecule has 4 rings (SSSR count). The van der Waals surface area contributed by atoms with E-state index in [1.165, 1.54) is 4.90 Å². The highest BCUT2D eigenvalue weighted by molar-refractivity contribution is 5.96. The van der Waals surface area contributed by atoms with Crippen molar-refractivity contribution < 1.29 is 28.7 Å². The Morgan fingerprint density at radius 2 is 1.45 bits per heavy atom. The summed E-state index contributed by atoms with van der Waals surface area (Å²) in [5.74, 6) is -2.37. The summed E-state index contributed by atoms with van der Waals surface area (Å²) in [5.41, 5.74) is 0.995. The normalized spacial score (nSPS) is 20.1. The van der Waals surface area contributed by atoms with Gasteiger partial charge in [-0.05, 0) is 70.0 Å². The van der Waals surface area contributed by atoms with E-state index in [1.54, 1.807) is 20.8 Å². The van der Waals surface area contributed by atoms with E-state index in [2.05, 4.69) is 21.3 Å². The van der Waals surface area contributed by atoms with Gasteiger partial charge in [0, 0.05) is 19.4 Å². The second-order valence-electron chi connectivity index (χ2n) is 14.2. The number of hydrogen-bond acceptors (Lipinski definition) is 7. The number of nitrogens with one attached hydrogen (secondary N) is 4. The highest BCUT2D eigenvalue weighted by Crippen LogP contribution is 2.23. The first-order valence-corrected chi connectivity index (χ1v) is 17.6. The topological polar surface area (TPSA) is 146 Å². The number of esters is 1. The van der Waals surface area contributed by atoms with Gasteiger partial charge >= 0.3 is 5.97 Å². The molecule has 4 amide bonds. The average Bonchev–Trinajstić information content (AvgIpc) is 3.80. The van der Waals surface area contributed by atoms with Gasteiger partial charge in [0.15, 0.2) is 0 Å². The van der Waals surface area contributed by atoms with Gasteiger partial charge in [0.2, 0.25) is 23.6 Å². The van der Waals surface area contributed by atoms with Crippen molar-refractivity contribution >= 4 is 29.6 Å². The highest BCUT2D eigenvalue weighted by Gasteiger charge is 2.41. The van der Waals surface area contributed by atoms with Crippen LogP contribution in [0.1, 0.15) is 77.8 Å². The quantitative estimate of drug-likeness (QED) is 0.225. The second kappa shape index (κ2) is 17.4. The Bertz CT molecular complexity index is 1420. The van der Waals surface area contributed by atoms with Crippen LogP contribution in [0.5, 0.6) is 0 Å². The van der Waals surface area contributed by atoms with Crippen LogP contribution < -0.4 is 21.3 Å². The first-order valence-electron chi connectivity index (χ1n) is 17.6. The molecular formula is C38H53N5O6. The van der Waals surface area contributed by atoms with E-state index in [0.29, 0.717) is 32.2 Å². The van der Waals surface area contributed by atoms with Crippen LogP contribution in [0.25, 0.3) is 0 Å². The number of ether oxygens (including phenoxy) is 1. The summed E-state index contributed by atoms with van der Waals surface area (Å²) < 4.78 is 5.63. The van der Waals surface area contributed by atoms with Crippen LogP contribution in [0.2, 0.25) is 0 Å². The molecule has 0 saturated carbocycles. The number of likely N-dealkylation sites (tertiary alicyclic amines) is 1. The fourth-order valence-electron chi connectivity index (χ4n) is 6.35. The zero-order chi connectivity index (χ0) is 35.6. The summed E-state index contributed by atoms with van der Waals surface area (Å²) in [4.78, 5) is 70.0. The third-order valence-electron chi connectivity index (χ3n) is 9.20. The molecule has 2 fully saturated rings. The molecule has 2 aliphatic rings. The summed E-state index contributed by atoms with van der Waals surface area (Å²) in [6, 6.07) is 14.8. The molecule has 11 heteroatoms. The lowest BCUT2D eigenvalue weighted by atomic mass is 9.96. The molecule has 0 spiro atoms. The van der Waals surface area contributed by atoms with Crippen LogP contribution in [0.3, 0.4) is 0 Å². The van der Waals surface area contributed by atoms with Crippen molar-refractivity contribution in [3.05, 3.63) is 71.8 Å². The third kappa shape index (κ3) is 10.9. The molecule has 0 bridgehead atoms. The van der Waals surface area contributed by atoms with Gasteiger partial charge in [-0.2, -0.15) is 0 Å². The minimum absolute atomic E-state index is 0.200. The molecule has 0 aliphatic carbocycles. The predicted molar refractivity (Wildman–Crippen MR) is 187 cm³/mol. The molecule has 2 aromatic carbocycles. The standard InChI is InChI=1S/C38H53N5O6/c1-6-25(2)32(42-34(45)29(23-26-15-9-7-10-16-26)40-33(44)28-19-13-21-39-28)35(46)41-30(24-27-17-11-8-12-18-27)36(47)43-22-14-20-31(43)37(48)49-38(3,4)5/h7-12,15-18,25,28-32,39H,6,13-14,19-24H2,1-5H3,(H,40,44)(H,41,46)(H,42,45)/t25-,28-,29-,30-,31-,32-/m0/s1. The molecule has 4 N–H and O–H groups in total. The van der Waals surface area contributed by atoms with Crippen LogP contribution in [0.15, 0.2) is 60.7 Å². The van der Waals surface area contributed by atoms with E-state index in [4.69, 9.17) is 4.74 Å². The lowest BCUT2D eigenvalue weighted by molar-refractivity contribution is -0.163. The molecule has 6 atom stereocenters. The maximum absolute atomic E-state index is 14.2. The molecule has 0 unspecified atom stereocenters. The molecule has 2 saturated heterocycles. The van der Waals surface area contributed by atoms with E-state index < -0.39 is 47.6 Å². The maximum Gasteiger partial charge on any atom is 0.329 e. The van der Waals surface area contributed by atoms with Crippen LogP contribution in [-0.4, -0.2) is 83.4 Å². The minimum atomic E-state index is -0.991. The van der Waals surface area contributed by atoms with Crippen molar-refractivity contribution in [2.24, 2.45) is 5.92 Å². The van der Waals surface area contributed by atoms with E-state index in [1.807, 2.05) is 74.5 Å². The summed E-state index contributed by atoms with van der Waals surface area (Å²) in [5, 5.41) is 12.0. The number of carbonyl (C=O) groups excluding carboxylic acids is 5. The summed E-state index contributed by atoms with van der Waals surface area (Å²) in [6.07, 6.45) is 3.70. The zero-order valence-corrected chi connectivity index (χ0v) is 29.5. The van der Waals surface area contributed by atoms with E-state index in [0.717, 1.165) is 24.1 Å². The Balaban J connectivity index is 1.55. The molecular weight excluding hydrogens is 622 g/mol. The number of amides is 4. The Morgan fingerprint density at radius 1 is 0.837 bits per heavy atom. The van der Waals surface area contributed by atoms with Gasteiger partial charge in [-0.15, -0.1) is 0 Å². The molecule has 2 heterocycles. The third-order valence-corrected chi connectivity index (χ3v) is 9.20. The fraction of sp³-hybridized carbons (Fsp3) is 0.553. The molecule has 49 heavy (non-hydrogen) atoms. The number of hydrogen-bond donors (Lipinski definition) is 4. The van der Waals surface area contributed by atoms with E-state index >= 15 is 0 Å². The SMILES string of the molecule is CC[C@H](C)[C@H](NC(=O)[C@H](Cc1ccccc1)NC(=O)[C@@H]1CCCN1)C(=O)N[C@@H](Cc1ccccc1)C(=O)N1CCC[C@H]1C(=O)OC(C)(C)C. The van der Waals surface area contributed by atoms with E-state index in [9.17, 15) is 24.0 Å². The molecule has 11 nitrogen and oxygen atoms in total. The van der Waals surface area contributed by atoms with Crippen molar-refractivity contribution in [1.82, 2.24) is 26.2 Å². The number of rotatable bonds is 14. The predicted octanol–water partition coefficient (Wildman–Crippen LogP) is 3.06. The lowest BCUT2D eigenvalue weighted by Gasteiger charge is -2.32. The van der Waals surface area contributed by atoms with Crippen molar-refractivity contribution in [3.63, 3.8) is 0 Å². The highest BCUT2D eigenvalue weighted by atomic mass is 16.6. The Kier molecular flexibility index (Phi) is 13.4. The van der Waals surface area contributed by atoms with Crippen LogP contribution in [0.4, 0.5) is 0 Å². The number of nitrogens with zero attached hydrogens (tertiary/aromatic N) is 1. The van der Waals surface area contributed by atoms with Gasteiger partial charge in [0.05, 0.1) is 6.04 Å². The molecule has 2 aliphatic heterocycles. The first kappa shape index (κ1) is 37.6. The van der Waals surface area contributed by atoms with Gasteiger partial charge in [0.25, 0.3) is 0 Å². The van der Waals surface area contributed by atoms with Crippen molar-refractivity contribution in [1.29, 1.82) is 0 Å². The smallest absolute Gasteiger partial charge is 0.329 e. The largest absolute Gasteiger partial charge is 0.458 e. The number of carbonyl (C=O) groups is 5. The number of benzene rings is 2. The van der Waals surface area contributed by atoms with Gasteiger partial charge in [-0.3, -0.25) is 19.2 Å². The second-order valence-corrected chi connectivity index (χ2v) is 14.2. The molecule has 0 radical (unpaired) electrons. The Morgan fingerprint density at radius 3 is 2.00 bits per heavy atom. The molecule has 2 aromatic rings. The first-order chi connectivity index (χ1) is 23.4. The Labute approximate surface area is 290 Å². The van der Waals surface area contributed by atoms with Crippen molar-refractivity contribution in [2.45, 2.75) is 115 Å². The molecule has 266 valence electrons.